The number of benzene rings is 2. The molecule has 1 N–H and O–H groups in total. The van der Waals surface area contributed by atoms with Gasteiger partial charge >= 0.3 is 5.97 Å². The van der Waals surface area contributed by atoms with Crippen LogP contribution in [-0.2, 0) is 22.5 Å². The molecule has 2 aliphatic rings. The van der Waals surface area contributed by atoms with Crippen LogP contribution in [0.1, 0.15) is 58.6 Å². The molecule has 0 spiro atoms. The number of rotatable bonds is 5. The van der Waals surface area contributed by atoms with E-state index in [1.807, 2.05) is 48.5 Å². The van der Waals surface area contributed by atoms with Crippen molar-refractivity contribution in [2.24, 2.45) is 0 Å². The molecule has 5 rings (SSSR count). The normalized spacial score (nSPS) is 15.2. The number of nitrogens with one attached hydrogen (secondary N) is 1. The number of esters is 1. The molecule has 2 aromatic carbocycles. The summed E-state index contributed by atoms with van der Waals surface area (Å²) in [6.45, 7) is 8.08. The molecular formula is C27H28N2O4S. The van der Waals surface area contributed by atoms with Gasteiger partial charge in [-0.2, -0.15) is 0 Å². The molecule has 176 valence electrons. The first-order chi connectivity index (χ1) is 16.5. The van der Waals surface area contributed by atoms with E-state index in [-0.39, 0.29) is 18.5 Å². The molecule has 0 saturated carbocycles. The SMILES string of the molecule is CCOC(=O)c1c(NC(=O)C2c3ccccc3Oc3ccccc32)sc2c1CCN(C(C)C)C2. The van der Waals surface area contributed by atoms with Gasteiger partial charge in [0.05, 0.1) is 18.1 Å². The zero-order chi connectivity index (χ0) is 23.8. The second-order valence-electron chi connectivity index (χ2n) is 8.84. The average Bonchev–Trinajstić information content (AvgIpc) is 3.19. The van der Waals surface area contributed by atoms with Crippen molar-refractivity contribution in [2.75, 3.05) is 18.5 Å². The minimum atomic E-state index is -0.539. The van der Waals surface area contributed by atoms with Crippen LogP contribution in [0.25, 0.3) is 0 Å². The van der Waals surface area contributed by atoms with Crippen molar-refractivity contribution >= 4 is 28.2 Å². The van der Waals surface area contributed by atoms with Gasteiger partial charge < -0.3 is 14.8 Å². The summed E-state index contributed by atoms with van der Waals surface area (Å²) in [5, 5.41) is 3.68. The number of nitrogens with zero attached hydrogens (tertiary/aromatic N) is 1. The van der Waals surface area contributed by atoms with Crippen LogP contribution in [0.4, 0.5) is 5.00 Å². The third-order valence-electron chi connectivity index (χ3n) is 6.48. The summed E-state index contributed by atoms with van der Waals surface area (Å²) in [4.78, 5) is 30.3. The third-order valence-corrected chi connectivity index (χ3v) is 7.61. The topological polar surface area (TPSA) is 67.9 Å². The molecule has 3 aromatic rings. The summed E-state index contributed by atoms with van der Waals surface area (Å²) in [6.07, 6.45) is 0.761. The van der Waals surface area contributed by atoms with Crippen molar-refractivity contribution in [2.45, 2.75) is 45.7 Å². The van der Waals surface area contributed by atoms with Crippen LogP contribution in [0.3, 0.4) is 0 Å². The third kappa shape index (κ3) is 3.99. The van der Waals surface area contributed by atoms with Gasteiger partial charge in [0.1, 0.15) is 16.5 Å². The summed E-state index contributed by atoms with van der Waals surface area (Å²) in [5.74, 6) is 0.242. The standard InChI is InChI=1S/C27H28N2O4S/c1-4-32-27(31)24-19-13-14-29(16(2)3)15-22(19)34-26(24)28-25(30)23-17-9-5-7-11-20(17)33-21-12-8-6-10-18(21)23/h5-12,16,23H,4,13-15H2,1-3H3,(H,28,30). The van der Waals surface area contributed by atoms with Crippen LogP contribution in [-0.4, -0.2) is 36.0 Å². The number of fused-ring (bicyclic) bond motifs is 3. The van der Waals surface area contributed by atoms with Crippen LogP contribution in [0, 0.1) is 0 Å². The Balaban J connectivity index is 1.53. The van der Waals surface area contributed by atoms with Gasteiger partial charge in [0.2, 0.25) is 5.91 Å². The molecule has 0 saturated heterocycles. The van der Waals surface area contributed by atoms with Crippen molar-refractivity contribution < 1.29 is 19.1 Å². The predicted octanol–water partition coefficient (Wildman–Crippen LogP) is 5.57. The zero-order valence-electron chi connectivity index (χ0n) is 19.6. The fourth-order valence-electron chi connectivity index (χ4n) is 4.75. The number of para-hydroxylation sites is 2. The molecule has 0 unspecified atom stereocenters. The Bertz CT molecular complexity index is 1200. The monoisotopic (exact) mass is 476 g/mol. The lowest BCUT2D eigenvalue weighted by atomic mass is 9.87. The molecule has 1 amide bonds. The van der Waals surface area contributed by atoms with E-state index in [2.05, 4.69) is 24.1 Å². The van der Waals surface area contributed by atoms with E-state index < -0.39 is 5.92 Å². The lowest BCUT2D eigenvalue weighted by molar-refractivity contribution is -0.116. The summed E-state index contributed by atoms with van der Waals surface area (Å²) in [6, 6.07) is 15.6. The van der Waals surface area contributed by atoms with Crippen LogP contribution in [0.5, 0.6) is 11.5 Å². The predicted molar refractivity (Wildman–Crippen MR) is 133 cm³/mol. The second-order valence-corrected chi connectivity index (χ2v) is 9.95. The van der Waals surface area contributed by atoms with Gasteiger partial charge in [-0.1, -0.05) is 36.4 Å². The molecule has 0 radical (unpaired) electrons. The molecule has 3 heterocycles. The molecule has 2 aliphatic heterocycles. The van der Waals surface area contributed by atoms with Crippen molar-refractivity contribution in [1.29, 1.82) is 0 Å². The number of anilines is 1. The summed E-state index contributed by atoms with van der Waals surface area (Å²) in [7, 11) is 0. The van der Waals surface area contributed by atoms with E-state index >= 15 is 0 Å². The number of carbonyl (C=O) groups excluding carboxylic acids is 2. The molecular weight excluding hydrogens is 448 g/mol. The maximum atomic E-state index is 13.8. The quantitative estimate of drug-likeness (QED) is 0.488. The highest BCUT2D eigenvalue weighted by Gasteiger charge is 2.35. The van der Waals surface area contributed by atoms with E-state index in [4.69, 9.17) is 9.47 Å². The Labute approximate surface area is 203 Å². The Morgan fingerprint density at radius 1 is 1.12 bits per heavy atom. The van der Waals surface area contributed by atoms with Crippen LogP contribution >= 0.6 is 11.3 Å². The van der Waals surface area contributed by atoms with Gasteiger partial charge in [0.25, 0.3) is 0 Å². The van der Waals surface area contributed by atoms with E-state index in [1.54, 1.807) is 6.92 Å². The van der Waals surface area contributed by atoms with Crippen LogP contribution < -0.4 is 10.1 Å². The average molecular weight is 477 g/mol. The van der Waals surface area contributed by atoms with Gasteiger partial charge in [-0.05, 0) is 44.9 Å². The van der Waals surface area contributed by atoms with E-state index in [0.29, 0.717) is 28.1 Å². The molecule has 7 heteroatoms. The van der Waals surface area contributed by atoms with Gasteiger partial charge in [-0.15, -0.1) is 11.3 Å². The summed E-state index contributed by atoms with van der Waals surface area (Å²) >= 11 is 1.49. The number of carbonyl (C=O) groups is 2. The minimum Gasteiger partial charge on any atom is -0.462 e. The fourth-order valence-corrected chi connectivity index (χ4v) is 6.01. The maximum absolute atomic E-state index is 13.8. The lowest BCUT2D eigenvalue weighted by Crippen LogP contribution is -2.35. The van der Waals surface area contributed by atoms with Crippen molar-refractivity contribution in [3.05, 3.63) is 75.7 Å². The highest BCUT2D eigenvalue weighted by Crippen LogP contribution is 2.45. The summed E-state index contributed by atoms with van der Waals surface area (Å²) in [5.41, 5.74) is 3.13. The number of amides is 1. The molecule has 0 bridgehead atoms. The minimum absolute atomic E-state index is 0.187. The largest absolute Gasteiger partial charge is 0.462 e. The number of ether oxygens (including phenoxy) is 2. The fraction of sp³-hybridized carbons (Fsp3) is 0.333. The first kappa shape index (κ1) is 22.6. The second kappa shape index (κ2) is 9.24. The van der Waals surface area contributed by atoms with Crippen molar-refractivity contribution in [1.82, 2.24) is 4.90 Å². The molecule has 0 atom stereocenters. The Morgan fingerprint density at radius 2 is 1.76 bits per heavy atom. The number of thiophene rings is 1. The molecule has 0 aliphatic carbocycles. The Morgan fingerprint density at radius 3 is 2.38 bits per heavy atom. The Hall–Kier alpha value is -3.16. The smallest absolute Gasteiger partial charge is 0.341 e. The van der Waals surface area contributed by atoms with Crippen molar-refractivity contribution in [3.8, 4) is 11.5 Å². The molecule has 0 fully saturated rings. The highest BCUT2D eigenvalue weighted by molar-refractivity contribution is 7.17. The zero-order valence-corrected chi connectivity index (χ0v) is 20.4. The molecule has 1 aromatic heterocycles. The first-order valence-electron chi connectivity index (χ1n) is 11.7. The van der Waals surface area contributed by atoms with Crippen molar-refractivity contribution in [3.63, 3.8) is 0 Å². The van der Waals surface area contributed by atoms with E-state index in [9.17, 15) is 9.59 Å². The number of hydrogen-bond donors (Lipinski definition) is 1. The maximum Gasteiger partial charge on any atom is 0.341 e. The first-order valence-corrected chi connectivity index (χ1v) is 12.5. The van der Waals surface area contributed by atoms with Gasteiger partial charge in [-0.25, -0.2) is 4.79 Å². The molecule has 6 nitrogen and oxygen atoms in total. The Kier molecular flexibility index (Phi) is 6.15. The lowest BCUT2D eigenvalue weighted by Gasteiger charge is -2.30. The van der Waals surface area contributed by atoms with E-state index in [1.165, 1.54) is 11.3 Å². The van der Waals surface area contributed by atoms with Crippen LogP contribution in [0.15, 0.2) is 48.5 Å². The number of hydrogen-bond acceptors (Lipinski definition) is 6. The molecule has 34 heavy (non-hydrogen) atoms. The highest BCUT2D eigenvalue weighted by atomic mass is 32.1. The van der Waals surface area contributed by atoms with Gasteiger partial charge in [-0.3, -0.25) is 9.69 Å². The van der Waals surface area contributed by atoms with Gasteiger partial charge in [0.15, 0.2) is 0 Å². The van der Waals surface area contributed by atoms with E-state index in [0.717, 1.165) is 41.1 Å². The van der Waals surface area contributed by atoms with Crippen LogP contribution in [0.2, 0.25) is 0 Å². The van der Waals surface area contributed by atoms with Gasteiger partial charge in [0, 0.05) is 35.1 Å². The summed E-state index contributed by atoms with van der Waals surface area (Å²) < 4.78 is 11.4.